The zero-order valence-corrected chi connectivity index (χ0v) is 8.44. The minimum Gasteiger partial charge on any atom is -0.286 e. The largest absolute Gasteiger partial charge is 0.286 e. The third-order valence-electron chi connectivity index (χ3n) is 1.65. The van der Waals surface area contributed by atoms with Gasteiger partial charge in [0.25, 0.3) is 10.1 Å². The number of rotatable bonds is 4. The fraction of sp³-hybridized carbons (Fsp3) is 0.200. The van der Waals surface area contributed by atoms with Crippen LogP contribution in [0.1, 0.15) is 12.0 Å². The van der Waals surface area contributed by atoms with Crippen LogP contribution < -0.4 is 0 Å². The molecule has 1 rings (SSSR count). The second-order valence-corrected chi connectivity index (χ2v) is 4.46. The second kappa shape index (κ2) is 4.93. The van der Waals surface area contributed by atoms with E-state index < -0.39 is 10.1 Å². The molecule has 0 aliphatic heterocycles. The molecule has 0 aliphatic rings. The van der Waals surface area contributed by atoms with Crippen LogP contribution >= 0.6 is 0 Å². The van der Waals surface area contributed by atoms with Crippen LogP contribution in [0.2, 0.25) is 0 Å². The minimum atomic E-state index is -3.83. The monoisotopic (exact) mass is 212 g/mol. The summed E-state index contributed by atoms with van der Waals surface area (Å²) in [4.78, 5) is 0. The summed E-state index contributed by atoms with van der Waals surface area (Å²) in [5, 5.41) is 0. The molecule has 0 aromatic heterocycles. The van der Waals surface area contributed by atoms with Crippen molar-refractivity contribution in [3.8, 4) is 0 Å². The van der Waals surface area contributed by atoms with Crippen LogP contribution in [0.3, 0.4) is 0 Å². The first-order valence-electron chi connectivity index (χ1n) is 4.25. The molecule has 3 nitrogen and oxygen atoms in total. The fourth-order valence-electron chi connectivity index (χ4n) is 1.00. The van der Waals surface area contributed by atoms with E-state index in [0.29, 0.717) is 6.42 Å². The van der Waals surface area contributed by atoms with Crippen LogP contribution in [0.25, 0.3) is 6.08 Å². The molecule has 0 spiro atoms. The van der Waals surface area contributed by atoms with E-state index in [0.717, 1.165) is 5.56 Å². The highest BCUT2D eigenvalue weighted by atomic mass is 32.2. The van der Waals surface area contributed by atoms with E-state index in [1.54, 1.807) is 6.08 Å². The van der Waals surface area contributed by atoms with Gasteiger partial charge in [-0.15, -0.1) is 0 Å². The molecule has 4 heteroatoms. The normalized spacial score (nSPS) is 12.1. The summed E-state index contributed by atoms with van der Waals surface area (Å²) in [6, 6.07) is 9.56. The molecule has 0 saturated carbocycles. The van der Waals surface area contributed by atoms with Gasteiger partial charge in [0.2, 0.25) is 0 Å². The van der Waals surface area contributed by atoms with E-state index in [2.05, 4.69) is 0 Å². The Kier molecular flexibility index (Phi) is 3.85. The highest BCUT2D eigenvalue weighted by molar-refractivity contribution is 7.85. The molecule has 76 valence electrons. The van der Waals surface area contributed by atoms with Gasteiger partial charge in [-0.1, -0.05) is 42.5 Å². The summed E-state index contributed by atoms with van der Waals surface area (Å²) in [6.07, 6.45) is 3.88. The van der Waals surface area contributed by atoms with Gasteiger partial charge in [0.05, 0.1) is 5.75 Å². The number of hydrogen-bond acceptors (Lipinski definition) is 2. The molecule has 0 heterocycles. The quantitative estimate of drug-likeness (QED) is 0.776. The lowest BCUT2D eigenvalue weighted by Crippen LogP contribution is -2.01. The highest BCUT2D eigenvalue weighted by Gasteiger charge is 2.00. The minimum absolute atomic E-state index is 0.226. The van der Waals surface area contributed by atoms with Gasteiger partial charge in [0, 0.05) is 0 Å². The van der Waals surface area contributed by atoms with Crippen molar-refractivity contribution in [3.63, 3.8) is 0 Å². The van der Waals surface area contributed by atoms with Gasteiger partial charge < -0.3 is 0 Å². The molecule has 0 amide bonds. The zero-order valence-electron chi connectivity index (χ0n) is 7.63. The van der Waals surface area contributed by atoms with E-state index in [4.69, 9.17) is 4.55 Å². The van der Waals surface area contributed by atoms with Gasteiger partial charge in [-0.25, -0.2) is 0 Å². The zero-order chi connectivity index (χ0) is 10.4. The van der Waals surface area contributed by atoms with Gasteiger partial charge in [-0.3, -0.25) is 4.55 Å². The summed E-state index contributed by atoms with van der Waals surface area (Å²) < 4.78 is 29.2. The smallest absolute Gasteiger partial charge is 0.265 e. The van der Waals surface area contributed by atoms with Gasteiger partial charge in [-0.2, -0.15) is 8.42 Å². The second-order valence-electron chi connectivity index (χ2n) is 2.89. The average molecular weight is 212 g/mol. The number of allylic oxidation sites excluding steroid dienone is 1. The van der Waals surface area contributed by atoms with Crippen molar-refractivity contribution in [2.45, 2.75) is 6.42 Å². The van der Waals surface area contributed by atoms with Crippen molar-refractivity contribution < 1.29 is 13.0 Å². The summed E-state index contributed by atoms with van der Waals surface area (Å²) >= 11 is 0. The standard InChI is InChI=1S/C10H12O3S/c11-14(12,13)9-5-4-8-10-6-2-1-3-7-10/h1-4,6-8H,5,9H2,(H,11,12,13). The van der Waals surface area contributed by atoms with Crippen molar-refractivity contribution in [2.24, 2.45) is 0 Å². The third kappa shape index (κ3) is 4.79. The predicted octanol–water partition coefficient (Wildman–Crippen LogP) is 1.98. The first-order valence-corrected chi connectivity index (χ1v) is 5.85. The van der Waals surface area contributed by atoms with E-state index in [9.17, 15) is 8.42 Å². The van der Waals surface area contributed by atoms with Gasteiger partial charge >= 0.3 is 0 Å². The fourth-order valence-corrected chi connectivity index (χ4v) is 1.43. The first kappa shape index (κ1) is 10.9. The Bertz CT molecular complexity index is 393. The summed E-state index contributed by atoms with van der Waals surface area (Å²) in [5.41, 5.74) is 1.02. The predicted molar refractivity (Wildman–Crippen MR) is 56.5 cm³/mol. The highest BCUT2D eigenvalue weighted by Crippen LogP contribution is 2.02. The molecule has 0 saturated heterocycles. The Hall–Kier alpha value is -1.13. The summed E-state index contributed by atoms with van der Waals surface area (Å²) in [7, 11) is -3.83. The molecule has 0 aliphatic carbocycles. The average Bonchev–Trinajstić information content (AvgIpc) is 2.13. The maximum atomic E-state index is 10.4. The Morgan fingerprint density at radius 2 is 1.86 bits per heavy atom. The van der Waals surface area contributed by atoms with Crippen LogP contribution in [0, 0.1) is 0 Å². The van der Waals surface area contributed by atoms with Crippen LogP contribution in [-0.4, -0.2) is 18.7 Å². The molecule has 1 aromatic carbocycles. The van der Waals surface area contributed by atoms with E-state index in [1.807, 2.05) is 36.4 Å². The van der Waals surface area contributed by atoms with Crippen molar-refractivity contribution in [2.75, 3.05) is 5.75 Å². The maximum absolute atomic E-state index is 10.4. The van der Waals surface area contributed by atoms with Crippen molar-refractivity contribution in [1.29, 1.82) is 0 Å². The van der Waals surface area contributed by atoms with E-state index >= 15 is 0 Å². The maximum Gasteiger partial charge on any atom is 0.265 e. The number of benzene rings is 1. The SMILES string of the molecule is O=S(=O)(O)CCC=Cc1ccccc1. The molecule has 1 N–H and O–H groups in total. The Morgan fingerprint density at radius 1 is 1.21 bits per heavy atom. The molecule has 14 heavy (non-hydrogen) atoms. The van der Waals surface area contributed by atoms with Crippen LogP contribution in [0.5, 0.6) is 0 Å². The lowest BCUT2D eigenvalue weighted by atomic mass is 10.2. The molecular weight excluding hydrogens is 200 g/mol. The molecule has 1 aromatic rings. The topological polar surface area (TPSA) is 54.4 Å². The lowest BCUT2D eigenvalue weighted by Gasteiger charge is -1.92. The van der Waals surface area contributed by atoms with Crippen molar-refractivity contribution in [1.82, 2.24) is 0 Å². The van der Waals surface area contributed by atoms with Gasteiger partial charge in [-0.05, 0) is 12.0 Å². The third-order valence-corrected chi connectivity index (χ3v) is 2.40. The summed E-state index contributed by atoms with van der Waals surface area (Å²) in [5.74, 6) is -0.226. The number of hydrogen-bond donors (Lipinski definition) is 1. The van der Waals surface area contributed by atoms with Crippen molar-refractivity contribution >= 4 is 16.2 Å². The Morgan fingerprint density at radius 3 is 2.43 bits per heavy atom. The molecule has 0 atom stereocenters. The van der Waals surface area contributed by atoms with Crippen LogP contribution in [0.4, 0.5) is 0 Å². The molecular formula is C10H12O3S. The molecule has 0 radical (unpaired) electrons. The molecule has 0 bridgehead atoms. The van der Waals surface area contributed by atoms with Crippen LogP contribution in [0.15, 0.2) is 36.4 Å². The Balaban J connectivity index is 2.43. The first-order chi connectivity index (χ1) is 6.58. The van der Waals surface area contributed by atoms with Crippen molar-refractivity contribution in [3.05, 3.63) is 42.0 Å². The lowest BCUT2D eigenvalue weighted by molar-refractivity contribution is 0.483. The van der Waals surface area contributed by atoms with Crippen LogP contribution in [-0.2, 0) is 10.1 Å². The molecule has 0 unspecified atom stereocenters. The summed E-state index contributed by atoms with van der Waals surface area (Å²) in [6.45, 7) is 0. The van der Waals surface area contributed by atoms with Gasteiger partial charge in [0.15, 0.2) is 0 Å². The molecule has 0 fully saturated rings. The van der Waals surface area contributed by atoms with Gasteiger partial charge in [0.1, 0.15) is 0 Å². The van der Waals surface area contributed by atoms with E-state index in [-0.39, 0.29) is 5.75 Å². The van der Waals surface area contributed by atoms with E-state index in [1.165, 1.54) is 0 Å². The Labute approximate surface area is 83.8 Å².